The Hall–Kier alpha value is -3.16. The van der Waals surface area contributed by atoms with E-state index in [0.717, 1.165) is 11.1 Å². The first-order chi connectivity index (χ1) is 17.3. The van der Waals surface area contributed by atoms with Crippen LogP contribution in [0, 0.1) is 29.6 Å². The second-order valence-electron chi connectivity index (χ2n) is 10.3. The first-order valence-corrected chi connectivity index (χ1v) is 13.2. The first-order valence-electron chi connectivity index (χ1n) is 13.2. The second-order valence-corrected chi connectivity index (χ2v) is 10.3. The summed E-state index contributed by atoms with van der Waals surface area (Å²) in [5, 5.41) is 10.3. The van der Waals surface area contributed by atoms with E-state index in [9.17, 15) is 24.3 Å². The van der Waals surface area contributed by atoms with Crippen molar-refractivity contribution in [1.29, 1.82) is 0 Å². The molecule has 1 N–H and O–H groups in total. The molecule has 192 valence electrons. The van der Waals surface area contributed by atoms with Gasteiger partial charge in [0, 0.05) is 19.0 Å². The Balaban J connectivity index is 1.62. The van der Waals surface area contributed by atoms with E-state index >= 15 is 0 Å². The van der Waals surface area contributed by atoms with Crippen molar-refractivity contribution in [2.24, 2.45) is 29.6 Å². The van der Waals surface area contributed by atoms with Crippen LogP contribution < -0.4 is 4.74 Å². The van der Waals surface area contributed by atoms with Crippen molar-refractivity contribution in [3.05, 3.63) is 35.4 Å². The zero-order chi connectivity index (χ0) is 25.7. The summed E-state index contributed by atoms with van der Waals surface area (Å²) in [4.78, 5) is 56.5. The lowest BCUT2D eigenvalue weighted by molar-refractivity contribution is -0.142. The van der Waals surface area contributed by atoms with Crippen LogP contribution in [0.4, 0.5) is 0 Å². The van der Waals surface area contributed by atoms with Gasteiger partial charge < -0.3 is 9.84 Å². The van der Waals surface area contributed by atoms with Crippen LogP contribution in [-0.2, 0) is 19.2 Å². The van der Waals surface area contributed by atoms with Crippen molar-refractivity contribution in [2.75, 3.05) is 19.7 Å². The van der Waals surface area contributed by atoms with Crippen LogP contribution in [-0.4, -0.2) is 58.2 Å². The van der Waals surface area contributed by atoms with Crippen LogP contribution in [0.1, 0.15) is 57.9 Å². The van der Waals surface area contributed by atoms with Crippen LogP contribution in [0.3, 0.4) is 0 Å². The molecule has 1 aromatic carbocycles. The van der Waals surface area contributed by atoms with E-state index < -0.39 is 29.6 Å². The van der Waals surface area contributed by atoms with E-state index in [2.05, 4.69) is 0 Å². The van der Waals surface area contributed by atoms with Crippen LogP contribution in [0.15, 0.2) is 29.8 Å². The number of imide groups is 2. The van der Waals surface area contributed by atoms with Gasteiger partial charge in [-0.1, -0.05) is 31.6 Å². The molecule has 0 radical (unpaired) electrons. The third-order valence-electron chi connectivity index (χ3n) is 8.37. The number of benzene rings is 1. The van der Waals surface area contributed by atoms with Gasteiger partial charge in [0.2, 0.25) is 23.6 Å². The number of phenolic OH excluding ortho intramolecular Hbond substituents is 1. The fourth-order valence-electron chi connectivity index (χ4n) is 6.98. The number of aromatic hydroxyl groups is 1. The molecule has 2 aliphatic heterocycles. The molecule has 0 unspecified atom stereocenters. The highest BCUT2D eigenvalue weighted by atomic mass is 16.5. The van der Waals surface area contributed by atoms with Crippen molar-refractivity contribution in [3.8, 4) is 11.5 Å². The predicted octanol–water partition coefficient (Wildman–Crippen LogP) is 3.25. The Labute approximate surface area is 211 Å². The molecule has 8 heteroatoms. The van der Waals surface area contributed by atoms with Crippen molar-refractivity contribution < 1.29 is 29.0 Å². The van der Waals surface area contributed by atoms with Crippen LogP contribution in [0.2, 0.25) is 0 Å². The zero-order valence-corrected chi connectivity index (χ0v) is 21.1. The molecule has 3 fully saturated rings. The minimum absolute atomic E-state index is 0.00964. The molecule has 6 atom stereocenters. The number of hydrogen-bond donors (Lipinski definition) is 1. The topological polar surface area (TPSA) is 104 Å². The average Bonchev–Trinajstić information content (AvgIpc) is 3.25. The number of carbonyl (C=O) groups is 4. The molecular formula is C28H34N2O6. The van der Waals surface area contributed by atoms with Crippen LogP contribution in [0.5, 0.6) is 11.5 Å². The summed E-state index contributed by atoms with van der Waals surface area (Å²) >= 11 is 0. The summed E-state index contributed by atoms with van der Waals surface area (Å²) in [7, 11) is 0. The van der Waals surface area contributed by atoms with Gasteiger partial charge in [0.05, 0.1) is 30.3 Å². The maximum Gasteiger partial charge on any atom is 0.234 e. The largest absolute Gasteiger partial charge is 0.504 e. The highest BCUT2D eigenvalue weighted by molar-refractivity contribution is 6.08. The van der Waals surface area contributed by atoms with Gasteiger partial charge in [-0.15, -0.1) is 0 Å². The number of rotatable bonds is 7. The first kappa shape index (κ1) is 24.5. The number of likely N-dealkylation sites (tertiary alicyclic amines) is 2. The highest BCUT2D eigenvalue weighted by Crippen LogP contribution is 2.58. The number of fused-ring (bicyclic) bond motifs is 4. The predicted molar refractivity (Wildman–Crippen MR) is 131 cm³/mol. The summed E-state index contributed by atoms with van der Waals surface area (Å²) in [6.07, 6.45) is 4.26. The van der Waals surface area contributed by atoms with Crippen LogP contribution in [0.25, 0.3) is 0 Å². The maximum absolute atomic E-state index is 13.6. The van der Waals surface area contributed by atoms with E-state index in [-0.39, 0.29) is 35.3 Å². The minimum atomic E-state index is -0.568. The van der Waals surface area contributed by atoms with Crippen molar-refractivity contribution in [2.45, 2.75) is 52.4 Å². The highest BCUT2D eigenvalue weighted by Gasteiger charge is 2.61. The van der Waals surface area contributed by atoms with Gasteiger partial charge in [-0.05, 0) is 56.2 Å². The lowest BCUT2D eigenvalue weighted by Gasteiger charge is -2.44. The van der Waals surface area contributed by atoms with E-state index in [1.807, 2.05) is 26.8 Å². The fraction of sp³-hybridized carbons (Fsp3) is 0.571. The van der Waals surface area contributed by atoms with Gasteiger partial charge in [0.15, 0.2) is 11.5 Å². The number of ether oxygens (including phenoxy) is 1. The third kappa shape index (κ3) is 3.56. The Kier molecular flexibility index (Phi) is 6.39. The lowest BCUT2D eigenvalue weighted by Crippen LogP contribution is -2.43. The Morgan fingerprint density at radius 1 is 0.861 bits per heavy atom. The monoisotopic (exact) mass is 494 g/mol. The van der Waals surface area contributed by atoms with E-state index in [4.69, 9.17) is 4.74 Å². The molecule has 4 amide bonds. The Morgan fingerprint density at radius 3 is 2.14 bits per heavy atom. The quantitative estimate of drug-likeness (QED) is 0.461. The Bertz CT molecular complexity index is 1140. The second kappa shape index (κ2) is 9.37. The van der Waals surface area contributed by atoms with Crippen molar-refractivity contribution >= 4 is 23.6 Å². The zero-order valence-electron chi connectivity index (χ0n) is 21.1. The molecule has 8 nitrogen and oxygen atoms in total. The van der Waals surface area contributed by atoms with Gasteiger partial charge in [-0.3, -0.25) is 29.0 Å². The molecular weight excluding hydrogens is 460 g/mol. The van der Waals surface area contributed by atoms with E-state index in [1.165, 1.54) is 9.80 Å². The van der Waals surface area contributed by atoms with Crippen LogP contribution >= 0.6 is 0 Å². The number of amides is 4. The number of hydrogen-bond acceptors (Lipinski definition) is 6. The van der Waals surface area contributed by atoms with Gasteiger partial charge >= 0.3 is 0 Å². The molecule has 2 saturated heterocycles. The molecule has 5 rings (SSSR count). The van der Waals surface area contributed by atoms with Gasteiger partial charge in [-0.25, -0.2) is 0 Å². The molecule has 4 aliphatic rings. The SMILES string of the molecule is CCCN1C(=O)[C@H]2[C@H](CC=C3[C@H]2C[C@H]2C(=O)N(CCC)C(=O)[C@H]2[C@H]3c2ccc(O)c(OCC)c2)C1=O. The molecule has 1 aromatic rings. The fourth-order valence-corrected chi connectivity index (χ4v) is 6.98. The molecule has 2 aliphatic carbocycles. The standard InChI is InChI=1S/C28H34N2O6/c1-4-11-29-25(32)17-9-8-16-18(23(17)27(29)34)14-19-24(28(35)30(12-5-2)26(19)33)22(16)15-7-10-20(31)21(13-15)36-6-3/h7-8,10,13,17-19,22-24,31H,4-6,9,11-12,14H2,1-3H3/t17-,18+,19+,22-,23-,24+/m0/s1. The third-order valence-corrected chi connectivity index (χ3v) is 8.37. The van der Waals surface area contributed by atoms with E-state index in [1.54, 1.807) is 18.2 Å². The molecule has 2 heterocycles. The minimum Gasteiger partial charge on any atom is -0.504 e. The summed E-state index contributed by atoms with van der Waals surface area (Å²) in [6.45, 7) is 6.85. The van der Waals surface area contributed by atoms with Gasteiger partial charge in [0.1, 0.15) is 0 Å². The van der Waals surface area contributed by atoms with Gasteiger partial charge in [-0.2, -0.15) is 0 Å². The summed E-state index contributed by atoms with van der Waals surface area (Å²) in [6, 6.07) is 5.09. The lowest BCUT2D eigenvalue weighted by atomic mass is 9.57. The summed E-state index contributed by atoms with van der Waals surface area (Å²) in [5.41, 5.74) is 1.74. The molecule has 0 aromatic heterocycles. The number of phenols is 1. The number of allylic oxidation sites excluding steroid dienone is 2. The molecule has 0 bridgehead atoms. The smallest absolute Gasteiger partial charge is 0.234 e. The van der Waals surface area contributed by atoms with Gasteiger partial charge in [0.25, 0.3) is 0 Å². The van der Waals surface area contributed by atoms with Crippen molar-refractivity contribution in [3.63, 3.8) is 0 Å². The molecule has 1 saturated carbocycles. The molecule has 0 spiro atoms. The van der Waals surface area contributed by atoms with E-state index in [0.29, 0.717) is 51.1 Å². The summed E-state index contributed by atoms with van der Waals surface area (Å²) in [5.74, 6) is -3.01. The number of nitrogens with zero attached hydrogens (tertiary/aromatic N) is 2. The van der Waals surface area contributed by atoms with Crippen molar-refractivity contribution in [1.82, 2.24) is 9.80 Å². The maximum atomic E-state index is 13.6. The normalized spacial score (nSPS) is 31.4. The number of carbonyl (C=O) groups excluding carboxylic acids is 4. The Morgan fingerprint density at radius 2 is 1.50 bits per heavy atom. The molecule has 36 heavy (non-hydrogen) atoms. The average molecular weight is 495 g/mol. The summed E-state index contributed by atoms with van der Waals surface area (Å²) < 4.78 is 5.63.